The Hall–Kier alpha value is -2.01. The first-order valence-electron chi connectivity index (χ1n) is 7.47. The van der Waals surface area contributed by atoms with Crippen LogP contribution in [0.25, 0.3) is 10.9 Å². The van der Waals surface area contributed by atoms with Gasteiger partial charge >= 0.3 is 0 Å². The fraction of sp³-hybridized carbons (Fsp3) is 0.438. The van der Waals surface area contributed by atoms with E-state index in [1.807, 2.05) is 19.1 Å². The first kappa shape index (κ1) is 13.9. The quantitative estimate of drug-likeness (QED) is 0.697. The molecule has 5 nitrogen and oxygen atoms in total. The average molecular weight is 286 g/mol. The number of fused-ring (bicyclic) bond motifs is 1. The fourth-order valence-corrected chi connectivity index (χ4v) is 3.10. The number of anilines is 1. The molecule has 1 saturated heterocycles. The van der Waals surface area contributed by atoms with E-state index in [-0.39, 0.29) is 0 Å². The van der Waals surface area contributed by atoms with Crippen molar-refractivity contribution in [2.45, 2.75) is 32.7 Å². The van der Waals surface area contributed by atoms with Crippen LogP contribution in [-0.4, -0.2) is 30.0 Å². The van der Waals surface area contributed by atoms with E-state index in [4.69, 9.17) is 5.73 Å². The van der Waals surface area contributed by atoms with Gasteiger partial charge in [0.05, 0.1) is 11.1 Å². The van der Waals surface area contributed by atoms with E-state index in [1.165, 1.54) is 5.56 Å². The molecule has 0 spiro atoms. The van der Waals surface area contributed by atoms with Crippen molar-refractivity contribution in [3.63, 3.8) is 0 Å². The zero-order chi connectivity index (χ0) is 15.0. The summed E-state index contributed by atoms with van der Waals surface area (Å²) in [5.41, 5.74) is 10.2. The Morgan fingerprint density at radius 1 is 1.29 bits per heavy atom. The van der Waals surface area contributed by atoms with Crippen LogP contribution in [0.4, 0.5) is 5.69 Å². The number of nitrogens with one attached hydrogen (secondary N) is 3. The van der Waals surface area contributed by atoms with E-state index in [0.717, 1.165) is 48.2 Å². The Labute approximate surface area is 124 Å². The van der Waals surface area contributed by atoms with Crippen LogP contribution in [0.15, 0.2) is 12.1 Å². The predicted molar refractivity (Wildman–Crippen MR) is 85.8 cm³/mol. The van der Waals surface area contributed by atoms with Gasteiger partial charge in [0.2, 0.25) is 0 Å². The molecule has 0 saturated carbocycles. The van der Waals surface area contributed by atoms with Gasteiger partial charge in [0.15, 0.2) is 0 Å². The van der Waals surface area contributed by atoms with E-state index in [1.54, 1.807) is 0 Å². The number of primary amides is 1. The zero-order valence-electron chi connectivity index (χ0n) is 12.5. The van der Waals surface area contributed by atoms with Gasteiger partial charge in [-0.25, -0.2) is 0 Å². The number of carbonyl (C=O) groups is 1. The van der Waals surface area contributed by atoms with Crippen LogP contribution in [0.2, 0.25) is 0 Å². The Kier molecular flexibility index (Phi) is 3.59. The number of H-pyrrole nitrogens is 1. The lowest BCUT2D eigenvalue weighted by atomic mass is 10.0. The SMILES string of the molecule is Cc1[nH]c2c(C(N)=O)ccc(NC3CCNCC3)c2c1C. The standard InChI is InChI=1S/C16H22N4O/c1-9-10(2)19-15-12(16(17)21)3-4-13(14(9)15)20-11-5-7-18-8-6-11/h3-4,11,18-20H,5-8H2,1-2H3,(H2,17,21). The van der Waals surface area contributed by atoms with Crippen LogP contribution in [0.5, 0.6) is 0 Å². The number of hydrogen-bond donors (Lipinski definition) is 4. The molecule has 112 valence electrons. The molecule has 2 heterocycles. The van der Waals surface area contributed by atoms with Gasteiger partial charge in [0, 0.05) is 22.8 Å². The molecule has 0 bridgehead atoms. The van der Waals surface area contributed by atoms with Crippen molar-refractivity contribution in [2.24, 2.45) is 5.73 Å². The Morgan fingerprint density at radius 3 is 2.67 bits per heavy atom. The van der Waals surface area contributed by atoms with Crippen molar-refractivity contribution in [1.82, 2.24) is 10.3 Å². The molecule has 3 rings (SSSR count). The average Bonchev–Trinajstić information content (AvgIpc) is 2.76. The zero-order valence-corrected chi connectivity index (χ0v) is 12.5. The highest BCUT2D eigenvalue weighted by Crippen LogP contribution is 2.32. The van der Waals surface area contributed by atoms with Crippen molar-refractivity contribution >= 4 is 22.5 Å². The summed E-state index contributed by atoms with van der Waals surface area (Å²) in [6.07, 6.45) is 2.23. The number of nitrogens with two attached hydrogens (primary N) is 1. The molecule has 0 atom stereocenters. The third kappa shape index (κ3) is 2.49. The van der Waals surface area contributed by atoms with Crippen molar-refractivity contribution in [1.29, 1.82) is 0 Å². The van der Waals surface area contributed by atoms with E-state index in [0.29, 0.717) is 11.6 Å². The van der Waals surface area contributed by atoms with Crippen LogP contribution >= 0.6 is 0 Å². The molecule has 0 unspecified atom stereocenters. The van der Waals surface area contributed by atoms with Gasteiger partial charge in [-0.2, -0.15) is 0 Å². The molecular formula is C16H22N4O. The highest BCUT2D eigenvalue weighted by Gasteiger charge is 2.18. The number of hydrogen-bond acceptors (Lipinski definition) is 3. The summed E-state index contributed by atoms with van der Waals surface area (Å²) in [7, 11) is 0. The van der Waals surface area contributed by atoms with Crippen molar-refractivity contribution < 1.29 is 4.79 Å². The minimum atomic E-state index is -0.394. The minimum Gasteiger partial charge on any atom is -0.382 e. The van der Waals surface area contributed by atoms with Crippen LogP contribution in [0, 0.1) is 13.8 Å². The number of benzene rings is 1. The van der Waals surface area contributed by atoms with Crippen LogP contribution in [-0.2, 0) is 0 Å². The summed E-state index contributed by atoms with van der Waals surface area (Å²) in [6, 6.07) is 4.26. The number of carbonyl (C=O) groups excluding carboxylic acids is 1. The Morgan fingerprint density at radius 2 is 2.00 bits per heavy atom. The third-order valence-corrected chi connectivity index (χ3v) is 4.42. The third-order valence-electron chi connectivity index (χ3n) is 4.42. The van der Waals surface area contributed by atoms with Gasteiger partial charge in [0.25, 0.3) is 5.91 Å². The second-order valence-corrected chi connectivity index (χ2v) is 5.82. The molecule has 1 aliphatic rings. The number of aromatic nitrogens is 1. The smallest absolute Gasteiger partial charge is 0.250 e. The largest absolute Gasteiger partial charge is 0.382 e. The lowest BCUT2D eigenvalue weighted by molar-refractivity contribution is 0.100. The second kappa shape index (κ2) is 5.41. The number of amides is 1. The molecule has 1 aliphatic heterocycles. The van der Waals surface area contributed by atoms with Gasteiger partial charge in [-0.15, -0.1) is 0 Å². The number of piperidine rings is 1. The molecular weight excluding hydrogens is 264 g/mol. The van der Waals surface area contributed by atoms with Crippen molar-refractivity contribution in [2.75, 3.05) is 18.4 Å². The van der Waals surface area contributed by atoms with Crippen molar-refractivity contribution in [3.05, 3.63) is 29.0 Å². The molecule has 0 aliphatic carbocycles. The molecule has 5 heteroatoms. The number of rotatable bonds is 3. The summed E-state index contributed by atoms with van der Waals surface area (Å²) in [4.78, 5) is 14.9. The maximum atomic E-state index is 11.6. The van der Waals surface area contributed by atoms with E-state index >= 15 is 0 Å². The lowest BCUT2D eigenvalue weighted by Crippen LogP contribution is -2.35. The molecule has 1 fully saturated rings. The van der Waals surface area contributed by atoms with E-state index in [2.05, 4.69) is 22.5 Å². The van der Waals surface area contributed by atoms with Crippen LogP contribution in [0.3, 0.4) is 0 Å². The first-order chi connectivity index (χ1) is 10.1. The highest BCUT2D eigenvalue weighted by molar-refractivity contribution is 6.09. The Bertz CT molecular complexity index is 683. The van der Waals surface area contributed by atoms with E-state index < -0.39 is 5.91 Å². The molecule has 21 heavy (non-hydrogen) atoms. The summed E-state index contributed by atoms with van der Waals surface area (Å²) in [5.74, 6) is -0.394. The summed E-state index contributed by atoms with van der Waals surface area (Å²) in [5, 5.41) is 8.09. The van der Waals surface area contributed by atoms with Gasteiger partial charge in [-0.05, 0) is 57.5 Å². The summed E-state index contributed by atoms with van der Waals surface area (Å²) < 4.78 is 0. The van der Waals surface area contributed by atoms with Gasteiger partial charge in [-0.3, -0.25) is 4.79 Å². The Balaban J connectivity index is 2.06. The van der Waals surface area contributed by atoms with Crippen LogP contribution in [0.1, 0.15) is 34.5 Å². The minimum absolute atomic E-state index is 0.394. The normalized spacial score (nSPS) is 16.3. The molecule has 1 aromatic carbocycles. The first-order valence-corrected chi connectivity index (χ1v) is 7.47. The molecule has 1 aromatic heterocycles. The highest BCUT2D eigenvalue weighted by atomic mass is 16.1. The maximum absolute atomic E-state index is 11.6. The molecule has 5 N–H and O–H groups in total. The summed E-state index contributed by atoms with van der Waals surface area (Å²) >= 11 is 0. The topological polar surface area (TPSA) is 82.9 Å². The molecule has 0 radical (unpaired) electrons. The molecule has 1 amide bonds. The van der Waals surface area contributed by atoms with Gasteiger partial charge in [0.1, 0.15) is 0 Å². The van der Waals surface area contributed by atoms with Crippen LogP contribution < -0.4 is 16.4 Å². The van der Waals surface area contributed by atoms with Gasteiger partial charge in [-0.1, -0.05) is 0 Å². The number of aryl methyl sites for hydroxylation is 2. The number of aromatic amines is 1. The maximum Gasteiger partial charge on any atom is 0.250 e. The summed E-state index contributed by atoms with van der Waals surface area (Å²) in [6.45, 7) is 6.19. The van der Waals surface area contributed by atoms with Crippen molar-refractivity contribution in [3.8, 4) is 0 Å². The van der Waals surface area contributed by atoms with Gasteiger partial charge < -0.3 is 21.4 Å². The molecule has 2 aromatic rings. The monoisotopic (exact) mass is 286 g/mol. The second-order valence-electron chi connectivity index (χ2n) is 5.82. The fourth-order valence-electron chi connectivity index (χ4n) is 3.10. The predicted octanol–water partition coefficient (Wildman–Crippen LogP) is 2.05. The van der Waals surface area contributed by atoms with E-state index in [9.17, 15) is 4.79 Å². The lowest BCUT2D eigenvalue weighted by Gasteiger charge is -2.25.